The molecular weight excluding hydrogens is 412 g/mol. The smallest absolute Gasteiger partial charge is 0.160 e. The molecule has 5 heteroatoms. The van der Waals surface area contributed by atoms with Crippen LogP contribution in [0.2, 0.25) is 0 Å². The maximum Gasteiger partial charge on any atom is 0.160 e. The zero-order chi connectivity index (χ0) is 21.9. The molecule has 0 N–H and O–H groups in total. The zero-order valence-electron chi connectivity index (χ0n) is 19.3. The Morgan fingerprint density at radius 2 is 1.94 bits per heavy atom. The molecule has 0 bridgehead atoms. The van der Waals surface area contributed by atoms with E-state index in [-0.39, 0.29) is 10.7 Å². The average molecular weight is 447 g/mol. The Bertz CT molecular complexity index is 1070. The van der Waals surface area contributed by atoms with Crippen molar-refractivity contribution in [1.29, 1.82) is 0 Å². The van der Waals surface area contributed by atoms with E-state index in [1.54, 1.807) is 6.33 Å². The molecule has 3 aliphatic rings. The molecule has 2 heterocycles. The van der Waals surface area contributed by atoms with Gasteiger partial charge in [0.2, 0.25) is 0 Å². The molecule has 2 aromatic rings. The Morgan fingerprint density at radius 3 is 2.78 bits per heavy atom. The van der Waals surface area contributed by atoms with Crippen LogP contribution < -0.4 is 0 Å². The molecule has 2 atom stereocenters. The van der Waals surface area contributed by atoms with Gasteiger partial charge in [-0.25, -0.2) is 19.3 Å². The number of benzene rings is 1. The summed E-state index contributed by atoms with van der Waals surface area (Å²) >= 11 is 0. The first-order valence-electron chi connectivity index (χ1n) is 12.1. The summed E-state index contributed by atoms with van der Waals surface area (Å²) in [6, 6.07) is 8.81. The number of rotatable bonds is 3. The second-order valence-corrected chi connectivity index (χ2v) is 11.6. The standard InChI is InChI=1S/C27H34N4S/c1-3-32(23-13-5-4-6-14-23)31-17-25-26(18-31)28-19-29-27(25)30-22-12-9-10-20(2)24-15-8-7-11-21(24)16-22/h3,7-9,11-12,15,19-20,23H,4-6,10,13-14,16-18H2,1-2H3. The predicted molar refractivity (Wildman–Crippen MR) is 137 cm³/mol. The Morgan fingerprint density at radius 1 is 1.09 bits per heavy atom. The van der Waals surface area contributed by atoms with E-state index in [4.69, 9.17) is 4.99 Å². The summed E-state index contributed by atoms with van der Waals surface area (Å²) in [5, 5.41) is 3.24. The topological polar surface area (TPSA) is 41.4 Å². The molecule has 32 heavy (non-hydrogen) atoms. The van der Waals surface area contributed by atoms with Crippen molar-refractivity contribution in [2.24, 2.45) is 4.99 Å². The molecule has 1 saturated carbocycles. The van der Waals surface area contributed by atoms with Crippen LogP contribution in [0, 0.1) is 0 Å². The van der Waals surface area contributed by atoms with E-state index in [2.05, 4.69) is 69.9 Å². The summed E-state index contributed by atoms with van der Waals surface area (Å²) in [6.07, 6.45) is 15.0. The fraction of sp³-hybridized carbons (Fsp3) is 0.481. The molecule has 2 unspecified atom stereocenters. The van der Waals surface area contributed by atoms with Crippen LogP contribution in [0.5, 0.6) is 0 Å². The second kappa shape index (κ2) is 9.80. The van der Waals surface area contributed by atoms with Crippen LogP contribution in [-0.4, -0.2) is 30.6 Å². The fourth-order valence-electron chi connectivity index (χ4n) is 5.42. The van der Waals surface area contributed by atoms with Crippen LogP contribution in [0.1, 0.15) is 80.7 Å². The second-order valence-electron chi connectivity index (χ2n) is 9.28. The molecule has 0 amide bonds. The van der Waals surface area contributed by atoms with E-state index in [0.29, 0.717) is 5.92 Å². The van der Waals surface area contributed by atoms with Gasteiger partial charge in [-0.05, 0) is 54.7 Å². The lowest BCUT2D eigenvalue weighted by Gasteiger charge is -2.31. The van der Waals surface area contributed by atoms with Crippen molar-refractivity contribution in [3.05, 3.63) is 65.1 Å². The number of allylic oxidation sites excluding steroid dienone is 2. The molecule has 1 aromatic carbocycles. The van der Waals surface area contributed by atoms with Crippen molar-refractivity contribution >= 4 is 27.6 Å². The van der Waals surface area contributed by atoms with Crippen LogP contribution >= 0.6 is 10.7 Å². The molecule has 4 nitrogen and oxygen atoms in total. The molecule has 5 rings (SSSR count). The number of nitrogens with zero attached hydrogens (tertiary/aromatic N) is 4. The third-order valence-electron chi connectivity index (χ3n) is 7.11. The van der Waals surface area contributed by atoms with Gasteiger partial charge in [0.05, 0.1) is 12.2 Å². The van der Waals surface area contributed by atoms with Gasteiger partial charge < -0.3 is 0 Å². The zero-order valence-corrected chi connectivity index (χ0v) is 20.2. The van der Waals surface area contributed by atoms with Crippen LogP contribution in [0.25, 0.3) is 0 Å². The largest absolute Gasteiger partial charge is 0.245 e. The quantitative estimate of drug-likeness (QED) is 0.505. The molecule has 2 aliphatic carbocycles. The number of aliphatic imine (C=N–C) groups is 1. The Kier molecular flexibility index (Phi) is 6.65. The highest BCUT2D eigenvalue weighted by molar-refractivity contribution is 8.13. The lowest BCUT2D eigenvalue weighted by molar-refractivity contribution is 0.470. The number of hydrogen-bond donors (Lipinski definition) is 0. The van der Waals surface area contributed by atoms with Crippen molar-refractivity contribution in [2.75, 3.05) is 0 Å². The number of fused-ring (bicyclic) bond motifs is 2. The first kappa shape index (κ1) is 21.7. The number of aromatic nitrogens is 2. The monoisotopic (exact) mass is 446 g/mol. The Hall–Kier alpha value is -2.11. The van der Waals surface area contributed by atoms with E-state index in [1.165, 1.54) is 54.5 Å². The highest BCUT2D eigenvalue weighted by Gasteiger charge is 2.29. The minimum absolute atomic E-state index is 0.205. The van der Waals surface area contributed by atoms with Gasteiger partial charge in [-0.2, -0.15) is 0 Å². The SMILES string of the molecule is CC=S(C1CCCCC1)N1Cc2ncnc(N=C3C=CCC(C)c4ccccc4C3)c2C1. The van der Waals surface area contributed by atoms with Crippen LogP contribution in [-0.2, 0) is 19.5 Å². The Labute approximate surface area is 195 Å². The summed E-state index contributed by atoms with van der Waals surface area (Å²) in [7, 11) is 0.205. The van der Waals surface area contributed by atoms with Crippen LogP contribution in [0.3, 0.4) is 0 Å². The minimum atomic E-state index is 0.205. The molecule has 0 radical (unpaired) electrons. The van der Waals surface area contributed by atoms with Gasteiger partial charge in [-0.15, -0.1) is 10.7 Å². The van der Waals surface area contributed by atoms with Crippen molar-refractivity contribution in [3.63, 3.8) is 0 Å². The van der Waals surface area contributed by atoms with Gasteiger partial charge in [-0.3, -0.25) is 0 Å². The van der Waals surface area contributed by atoms with Gasteiger partial charge in [0.1, 0.15) is 6.33 Å². The van der Waals surface area contributed by atoms with E-state index in [1.807, 2.05) is 0 Å². The Balaban J connectivity index is 1.42. The van der Waals surface area contributed by atoms with Gasteiger partial charge in [0, 0.05) is 29.5 Å². The molecule has 0 saturated heterocycles. The predicted octanol–water partition coefficient (Wildman–Crippen LogP) is 6.51. The summed E-state index contributed by atoms with van der Waals surface area (Å²) in [4.78, 5) is 14.4. The third-order valence-corrected chi connectivity index (χ3v) is 9.60. The molecular formula is C27H34N4S. The molecule has 1 aromatic heterocycles. The average Bonchev–Trinajstić information content (AvgIpc) is 3.24. The van der Waals surface area contributed by atoms with Crippen molar-refractivity contribution < 1.29 is 0 Å². The molecule has 1 aliphatic heterocycles. The number of hydrogen-bond acceptors (Lipinski definition) is 4. The normalized spacial score (nSPS) is 24.2. The van der Waals surface area contributed by atoms with Crippen LogP contribution in [0.15, 0.2) is 47.7 Å². The van der Waals surface area contributed by atoms with E-state index in [9.17, 15) is 0 Å². The highest BCUT2D eigenvalue weighted by atomic mass is 32.2. The molecule has 168 valence electrons. The van der Waals surface area contributed by atoms with E-state index >= 15 is 0 Å². The minimum Gasteiger partial charge on any atom is -0.245 e. The van der Waals surface area contributed by atoms with Gasteiger partial charge in [0.15, 0.2) is 5.82 Å². The van der Waals surface area contributed by atoms with Crippen molar-refractivity contribution in [3.8, 4) is 0 Å². The summed E-state index contributed by atoms with van der Waals surface area (Å²) in [6.45, 7) is 6.40. The summed E-state index contributed by atoms with van der Waals surface area (Å²) in [5.41, 5.74) is 6.32. The first-order valence-corrected chi connectivity index (χ1v) is 13.4. The summed E-state index contributed by atoms with van der Waals surface area (Å²) < 4.78 is 2.63. The highest BCUT2D eigenvalue weighted by Crippen LogP contribution is 2.42. The molecule has 1 fully saturated rings. The maximum atomic E-state index is 5.09. The van der Waals surface area contributed by atoms with Gasteiger partial charge >= 0.3 is 0 Å². The van der Waals surface area contributed by atoms with Crippen molar-refractivity contribution in [1.82, 2.24) is 14.3 Å². The van der Waals surface area contributed by atoms with E-state index in [0.717, 1.165) is 42.7 Å². The van der Waals surface area contributed by atoms with Crippen molar-refractivity contribution in [2.45, 2.75) is 83.1 Å². The van der Waals surface area contributed by atoms with Gasteiger partial charge in [-0.1, -0.05) is 56.5 Å². The van der Waals surface area contributed by atoms with Gasteiger partial charge in [0.25, 0.3) is 0 Å². The summed E-state index contributed by atoms with van der Waals surface area (Å²) in [5.74, 6) is 1.41. The third kappa shape index (κ3) is 4.51. The molecule has 0 spiro atoms. The fourth-order valence-corrected chi connectivity index (χ4v) is 7.89. The first-order chi connectivity index (χ1) is 15.7. The van der Waals surface area contributed by atoms with Crippen LogP contribution in [0.4, 0.5) is 5.82 Å². The maximum absolute atomic E-state index is 5.09. The lowest BCUT2D eigenvalue weighted by Crippen LogP contribution is -2.21. The van der Waals surface area contributed by atoms with E-state index < -0.39 is 0 Å². The lowest BCUT2D eigenvalue weighted by atomic mass is 9.88.